The monoisotopic (exact) mass is 266 g/mol. The first-order valence-electron chi connectivity index (χ1n) is 6.37. The number of furan rings is 1. The zero-order chi connectivity index (χ0) is 13.8. The Hall–Kier alpha value is -1.98. The van der Waals surface area contributed by atoms with Crippen molar-refractivity contribution in [3.05, 3.63) is 23.7 Å². The Morgan fingerprint density at radius 3 is 2.95 bits per heavy atom. The lowest BCUT2D eigenvalue weighted by Crippen LogP contribution is -2.46. The van der Waals surface area contributed by atoms with Crippen LogP contribution in [0.5, 0.6) is 0 Å². The van der Waals surface area contributed by atoms with Gasteiger partial charge in [0.15, 0.2) is 0 Å². The van der Waals surface area contributed by atoms with Gasteiger partial charge in [-0.25, -0.2) is 4.79 Å². The topological polar surface area (TPSA) is 82.8 Å². The van der Waals surface area contributed by atoms with Gasteiger partial charge in [0, 0.05) is 13.1 Å². The summed E-state index contributed by atoms with van der Waals surface area (Å²) >= 11 is 0. The number of carbonyl (C=O) groups is 2. The number of urea groups is 1. The van der Waals surface area contributed by atoms with Crippen molar-refractivity contribution in [2.24, 2.45) is 5.92 Å². The summed E-state index contributed by atoms with van der Waals surface area (Å²) < 4.78 is 5.35. The highest BCUT2D eigenvalue weighted by atomic mass is 16.4. The fourth-order valence-corrected chi connectivity index (χ4v) is 2.22. The van der Waals surface area contributed by atoms with Crippen molar-refractivity contribution in [3.63, 3.8) is 0 Å². The lowest BCUT2D eigenvalue weighted by Gasteiger charge is -2.30. The number of aryl methyl sites for hydroxylation is 1. The fraction of sp³-hybridized carbons (Fsp3) is 0.538. The van der Waals surface area contributed by atoms with Gasteiger partial charge in [0.1, 0.15) is 11.5 Å². The predicted molar refractivity (Wildman–Crippen MR) is 67.6 cm³/mol. The van der Waals surface area contributed by atoms with Crippen LogP contribution in [0.4, 0.5) is 4.79 Å². The second-order valence-electron chi connectivity index (χ2n) is 4.79. The van der Waals surface area contributed by atoms with E-state index in [1.807, 2.05) is 19.1 Å². The molecule has 0 aliphatic carbocycles. The van der Waals surface area contributed by atoms with Gasteiger partial charge in [-0.2, -0.15) is 0 Å². The number of nitrogens with zero attached hydrogens (tertiary/aromatic N) is 1. The van der Waals surface area contributed by atoms with E-state index in [1.54, 1.807) is 4.90 Å². The van der Waals surface area contributed by atoms with Crippen molar-refractivity contribution in [1.29, 1.82) is 0 Å². The zero-order valence-electron chi connectivity index (χ0n) is 10.9. The molecular weight excluding hydrogens is 248 g/mol. The van der Waals surface area contributed by atoms with Crippen LogP contribution in [0.25, 0.3) is 0 Å². The Bertz CT molecular complexity index is 469. The molecule has 0 radical (unpaired) electrons. The van der Waals surface area contributed by atoms with Crippen molar-refractivity contribution < 1.29 is 19.1 Å². The van der Waals surface area contributed by atoms with Gasteiger partial charge in [0.05, 0.1) is 12.5 Å². The molecule has 2 heterocycles. The van der Waals surface area contributed by atoms with Crippen molar-refractivity contribution >= 4 is 12.0 Å². The van der Waals surface area contributed by atoms with Gasteiger partial charge < -0.3 is 19.7 Å². The highest BCUT2D eigenvalue weighted by Crippen LogP contribution is 2.16. The minimum atomic E-state index is -0.834. The molecule has 104 valence electrons. The molecule has 2 rings (SSSR count). The van der Waals surface area contributed by atoms with Crippen molar-refractivity contribution in [2.45, 2.75) is 26.3 Å². The number of likely N-dealkylation sites (tertiary alicyclic amines) is 1. The van der Waals surface area contributed by atoms with E-state index in [0.717, 1.165) is 12.2 Å². The molecule has 1 aliphatic heterocycles. The summed E-state index contributed by atoms with van der Waals surface area (Å²) in [6.07, 6.45) is 1.36. The van der Waals surface area contributed by atoms with E-state index in [1.165, 1.54) is 0 Å². The Morgan fingerprint density at radius 2 is 2.32 bits per heavy atom. The van der Waals surface area contributed by atoms with Gasteiger partial charge in [-0.15, -0.1) is 0 Å². The SMILES string of the molecule is Cc1ccc(CNC(=O)N2CCC[C@H](C(=O)O)C2)o1. The average molecular weight is 266 g/mol. The van der Waals surface area contributed by atoms with Gasteiger partial charge in [-0.3, -0.25) is 4.79 Å². The van der Waals surface area contributed by atoms with Crippen LogP contribution < -0.4 is 5.32 Å². The number of piperidine rings is 1. The van der Waals surface area contributed by atoms with E-state index in [4.69, 9.17) is 9.52 Å². The molecule has 2 N–H and O–H groups in total. The first-order chi connectivity index (χ1) is 9.06. The second-order valence-corrected chi connectivity index (χ2v) is 4.79. The summed E-state index contributed by atoms with van der Waals surface area (Å²) in [5.74, 6) is 0.204. The van der Waals surface area contributed by atoms with Gasteiger partial charge in [0.2, 0.25) is 0 Å². The number of amides is 2. The maximum absolute atomic E-state index is 11.9. The first-order valence-corrected chi connectivity index (χ1v) is 6.37. The molecule has 6 heteroatoms. The lowest BCUT2D eigenvalue weighted by atomic mass is 9.99. The molecular formula is C13H18N2O4. The molecule has 1 aliphatic rings. The van der Waals surface area contributed by atoms with E-state index in [0.29, 0.717) is 25.3 Å². The summed E-state index contributed by atoms with van der Waals surface area (Å²) in [5, 5.41) is 11.7. The number of carbonyl (C=O) groups excluding carboxylic acids is 1. The number of hydrogen-bond acceptors (Lipinski definition) is 3. The molecule has 0 aromatic carbocycles. The summed E-state index contributed by atoms with van der Waals surface area (Å²) in [6, 6.07) is 3.41. The smallest absolute Gasteiger partial charge is 0.317 e. The van der Waals surface area contributed by atoms with Crippen LogP contribution in [0.2, 0.25) is 0 Å². The van der Waals surface area contributed by atoms with E-state index in [9.17, 15) is 9.59 Å². The Labute approximate surface area is 111 Å². The minimum absolute atomic E-state index is 0.236. The van der Waals surface area contributed by atoms with Crippen molar-refractivity contribution in [3.8, 4) is 0 Å². The molecule has 1 aromatic rings. The zero-order valence-corrected chi connectivity index (χ0v) is 10.9. The van der Waals surface area contributed by atoms with Crippen LogP contribution in [-0.4, -0.2) is 35.1 Å². The van der Waals surface area contributed by atoms with Crippen LogP contribution >= 0.6 is 0 Å². The summed E-state index contributed by atoms with van der Waals surface area (Å²) in [5.41, 5.74) is 0. The van der Waals surface area contributed by atoms with E-state index >= 15 is 0 Å². The molecule has 6 nitrogen and oxygen atoms in total. The number of carboxylic acids is 1. The summed E-state index contributed by atoms with van der Waals surface area (Å²) in [6.45, 7) is 3.04. The molecule has 2 amide bonds. The fourth-order valence-electron chi connectivity index (χ4n) is 2.22. The average Bonchev–Trinajstić information content (AvgIpc) is 2.82. The third-order valence-electron chi connectivity index (χ3n) is 3.27. The number of aliphatic carboxylic acids is 1. The molecule has 1 atom stereocenters. The van der Waals surface area contributed by atoms with E-state index in [2.05, 4.69) is 5.32 Å². The summed E-state index contributed by atoms with van der Waals surface area (Å²) in [4.78, 5) is 24.4. The van der Waals surface area contributed by atoms with Gasteiger partial charge >= 0.3 is 12.0 Å². The molecule has 0 saturated carbocycles. The second kappa shape index (κ2) is 5.77. The molecule has 1 fully saturated rings. The third-order valence-corrected chi connectivity index (χ3v) is 3.27. The van der Waals surface area contributed by atoms with Crippen LogP contribution in [0.15, 0.2) is 16.5 Å². The van der Waals surface area contributed by atoms with E-state index < -0.39 is 11.9 Å². The molecule has 1 saturated heterocycles. The van der Waals surface area contributed by atoms with Crippen LogP contribution in [0.1, 0.15) is 24.4 Å². The first kappa shape index (κ1) is 13.5. The number of hydrogen-bond donors (Lipinski definition) is 2. The number of carboxylic acid groups (broad SMARTS) is 1. The van der Waals surface area contributed by atoms with Crippen LogP contribution in [0.3, 0.4) is 0 Å². The third kappa shape index (κ3) is 3.49. The maximum atomic E-state index is 11.9. The Morgan fingerprint density at radius 1 is 1.53 bits per heavy atom. The molecule has 0 unspecified atom stereocenters. The molecule has 0 bridgehead atoms. The van der Waals surface area contributed by atoms with Gasteiger partial charge in [-0.05, 0) is 31.9 Å². The van der Waals surface area contributed by atoms with Crippen molar-refractivity contribution in [1.82, 2.24) is 10.2 Å². The number of rotatable bonds is 3. The Kier molecular flexibility index (Phi) is 4.09. The lowest BCUT2D eigenvalue weighted by molar-refractivity contribution is -0.143. The van der Waals surface area contributed by atoms with Crippen LogP contribution in [0, 0.1) is 12.8 Å². The normalized spacial score (nSPS) is 19.2. The highest BCUT2D eigenvalue weighted by Gasteiger charge is 2.27. The number of nitrogens with one attached hydrogen (secondary N) is 1. The van der Waals surface area contributed by atoms with Crippen LogP contribution in [-0.2, 0) is 11.3 Å². The van der Waals surface area contributed by atoms with E-state index in [-0.39, 0.29) is 12.6 Å². The molecule has 1 aromatic heterocycles. The molecule has 0 spiro atoms. The highest BCUT2D eigenvalue weighted by molar-refractivity contribution is 5.76. The molecule has 19 heavy (non-hydrogen) atoms. The summed E-state index contributed by atoms with van der Waals surface area (Å²) in [7, 11) is 0. The standard InChI is InChI=1S/C13H18N2O4/c1-9-4-5-11(19-9)7-14-13(18)15-6-2-3-10(8-15)12(16)17/h4-5,10H,2-3,6-8H2,1H3,(H,14,18)(H,16,17)/t10-/m0/s1. The minimum Gasteiger partial charge on any atom is -0.481 e. The van der Waals surface area contributed by atoms with Crippen molar-refractivity contribution in [2.75, 3.05) is 13.1 Å². The Balaban J connectivity index is 1.84. The predicted octanol–water partition coefficient (Wildman–Crippen LogP) is 1.59. The van der Waals surface area contributed by atoms with Gasteiger partial charge in [0.25, 0.3) is 0 Å². The maximum Gasteiger partial charge on any atom is 0.317 e. The largest absolute Gasteiger partial charge is 0.481 e. The quantitative estimate of drug-likeness (QED) is 0.870. The van der Waals surface area contributed by atoms with Gasteiger partial charge in [-0.1, -0.05) is 0 Å².